The molecule has 0 radical (unpaired) electrons. The highest BCUT2D eigenvalue weighted by molar-refractivity contribution is 6.27. The minimum absolute atomic E-state index is 0.161. The molecule has 0 aliphatic rings. The van der Waals surface area contributed by atoms with Crippen molar-refractivity contribution < 1.29 is 29.6 Å². The van der Waals surface area contributed by atoms with Gasteiger partial charge in [-0.2, -0.15) is 0 Å². The number of carboxylic acid groups (broad SMARTS) is 2. The van der Waals surface area contributed by atoms with E-state index in [1.54, 1.807) is 0 Å². The monoisotopic (exact) mass is 321 g/mol. The molecule has 7 heteroatoms. The van der Waals surface area contributed by atoms with Crippen molar-refractivity contribution in [1.82, 2.24) is 5.32 Å². The van der Waals surface area contributed by atoms with E-state index in [0.29, 0.717) is 13.2 Å². The van der Waals surface area contributed by atoms with Crippen LogP contribution in [0.15, 0.2) is 42.5 Å². The maximum Gasteiger partial charge on any atom is 0.414 e. The van der Waals surface area contributed by atoms with Gasteiger partial charge in [0.25, 0.3) is 0 Å². The summed E-state index contributed by atoms with van der Waals surface area (Å²) in [7, 11) is 0. The lowest BCUT2D eigenvalue weighted by Gasteiger charge is -2.09. The van der Waals surface area contributed by atoms with E-state index in [0.717, 1.165) is 17.7 Å². The number of benzene rings is 2. The van der Waals surface area contributed by atoms with Gasteiger partial charge in [-0.15, -0.1) is 0 Å². The van der Waals surface area contributed by atoms with Crippen LogP contribution < -0.4 is 10.1 Å². The molecule has 0 atom stereocenters. The van der Waals surface area contributed by atoms with Crippen LogP contribution in [0.3, 0.4) is 0 Å². The van der Waals surface area contributed by atoms with Crippen molar-refractivity contribution in [3.8, 4) is 5.75 Å². The fourth-order valence-electron chi connectivity index (χ4n) is 1.76. The van der Waals surface area contributed by atoms with Crippen LogP contribution in [0.4, 0.5) is 0 Å². The Bertz CT molecular complexity index is 626. The average molecular weight is 321 g/mol. The first-order valence-corrected chi connectivity index (χ1v) is 6.94. The molecule has 124 valence electrons. The first kappa shape index (κ1) is 18.4. The zero-order valence-electron chi connectivity index (χ0n) is 12.4. The largest absolute Gasteiger partial charge is 0.492 e. The highest BCUT2D eigenvalue weighted by Gasteiger charge is 2.04. The molecule has 0 aliphatic heterocycles. The molecule has 4 N–H and O–H groups in total. The van der Waals surface area contributed by atoms with Crippen LogP contribution in [0.1, 0.15) is 0 Å². The van der Waals surface area contributed by atoms with Crippen molar-refractivity contribution in [2.75, 3.05) is 26.3 Å². The third kappa shape index (κ3) is 6.77. The summed E-state index contributed by atoms with van der Waals surface area (Å²) < 4.78 is 5.72. The predicted molar refractivity (Wildman–Crippen MR) is 84.7 cm³/mol. The summed E-state index contributed by atoms with van der Waals surface area (Å²) in [6.45, 7) is 2.12. The van der Waals surface area contributed by atoms with E-state index in [-0.39, 0.29) is 6.61 Å². The van der Waals surface area contributed by atoms with Gasteiger partial charge in [-0.05, 0) is 11.5 Å². The molecule has 0 unspecified atom stereocenters. The van der Waals surface area contributed by atoms with Crippen molar-refractivity contribution in [3.05, 3.63) is 42.5 Å². The van der Waals surface area contributed by atoms with Crippen LogP contribution in [-0.2, 0) is 9.59 Å². The zero-order valence-corrected chi connectivity index (χ0v) is 12.4. The third-order valence-electron chi connectivity index (χ3n) is 2.76. The summed E-state index contributed by atoms with van der Waals surface area (Å²) >= 11 is 0. The van der Waals surface area contributed by atoms with Gasteiger partial charge in [-0.25, -0.2) is 9.59 Å². The number of carboxylic acids is 2. The molecular formula is C16H19NO6. The number of aliphatic carboxylic acids is 2. The second-order valence-electron chi connectivity index (χ2n) is 4.41. The smallest absolute Gasteiger partial charge is 0.414 e. The SMILES string of the molecule is O=C(O)C(=O)O.OCCNCCOc1cccc2ccccc12. The maximum atomic E-state index is 9.10. The molecule has 0 fully saturated rings. The van der Waals surface area contributed by atoms with Gasteiger partial charge in [0.1, 0.15) is 12.4 Å². The average Bonchev–Trinajstić information content (AvgIpc) is 2.55. The Morgan fingerprint density at radius 3 is 2.26 bits per heavy atom. The van der Waals surface area contributed by atoms with Gasteiger partial charge in [-0.3, -0.25) is 0 Å². The molecule has 2 aromatic carbocycles. The molecule has 23 heavy (non-hydrogen) atoms. The Balaban J connectivity index is 0.000000379. The molecule has 0 aliphatic carbocycles. The van der Waals surface area contributed by atoms with Gasteiger partial charge in [0, 0.05) is 18.5 Å². The molecule has 0 bridgehead atoms. The van der Waals surface area contributed by atoms with Gasteiger partial charge in [0.2, 0.25) is 0 Å². The molecule has 0 heterocycles. The number of hydrogen-bond acceptors (Lipinski definition) is 5. The topological polar surface area (TPSA) is 116 Å². The Morgan fingerprint density at radius 1 is 0.957 bits per heavy atom. The summed E-state index contributed by atoms with van der Waals surface area (Å²) in [5.41, 5.74) is 0. The van der Waals surface area contributed by atoms with Crippen LogP contribution in [0, 0.1) is 0 Å². The Morgan fingerprint density at radius 2 is 1.61 bits per heavy atom. The lowest BCUT2D eigenvalue weighted by molar-refractivity contribution is -0.159. The standard InChI is InChI=1S/C14H17NO2.C2H2O4/c16-10-8-15-9-11-17-14-7-3-5-12-4-1-2-6-13(12)14;3-1(4)2(5)6/h1-7,15-16H,8-11H2;(H,3,4)(H,5,6). The second kappa shape index (κ2) is 10.1. The van der Waals surface area contributed by atoms with Gasteiger partial charge in [0.05, 0.1) is 6.61 Å². The summed E-state index contributed by atoms with van der Waals surface area (Å²) in [6.07, 6.45) is 0. The maximum absolute atomic E-state index is 9.10. The van der Waals surface area contributed by atoms with E-state index in [1.807, 2.05) is 24.3 Å². The van der Waals surface area contributed by atoms with Crippen molar-refractivity contribution in [2.45, 2.75) is 0 Å². The lowest BCUT2D eigenvalue weighted by atomic mass is 10.1. The second-order valence-corrected chi connectivity index (χ2v) is 4.41. The van der Waals surface area contributed by atoms with Crippen molar-refractivity contribution in [3.63, 3.8) is 0 Å². The van der Waals surface area contributed by atoms with Crippen LogP contribution in [0.2, 0.25) is 0 Å². The Kier molecular flexibility index (Phi) is 8.12. The number of hydrogen-bond donors (Lipinski definition) is 4. The molecule has 0 aromatic heterocycles. The van der Waals surface area contributed by atoms with Gasteiger partial charge >= 0.3 is 11.9 Å². The van der Waals surface area contributed by atoms with E-state index < -0.39 is 11.9 Å². The first-order valence-electron chi connectivity index (χ1n) is 6.94. The molecular weight excluding hydrogens is 302 g/mol. The summed E-state index contributed by atoms with van der Waals surface area (Å²) in [5, 5.41) is 28.8. The minimum Gasteiger partial charge on any atom is -0.492 e. The first-order chi connectivity index (χ1) is 11.1. The summed E-state index contributed by atoms with van der Waals surface area (Å²) in [6, 6.07) is 14.2. The zero-order chi connectivity index (χ0) is 17.1. The number of aliphatic hydroxyl groups excluding tert-OH is 1. The van der Waals surface area contributed by atoms with Crippen LogP contribution in [0.25, 0.3) is 10.8 Å². The van der Waals surface area contributed by atoms with Gasteiger partial charge in [-0.1, -0.05) is 36.4 Å². The number of nitrogens with one attached hydrogen (secondary N) is 1. The summed E-state index contributed by atoms with van der Waals surface area (Å²) in [5.74, 6) is -2.74. The Labute approximate surface area is 133 Å². The predicted octanol–water partition coefficient (Wildman–Crippen LogP) is 0.956. The fourth-order valence-corrected chi connectivity index (χ4v) is 1.76. The van der Waals surface area contributed by atoms with Gasteiger partial charge < -0.3 is 25.4 Å². The molecule has 2 aromatic rings. The Hall–Kier alpha value is -2.64. The molecule has 2 rings (SSSR count). The van der Waals surface area contributed by atoms with E-state index in [2.05, 4.69) is 23.5 Å². The van der Waals surface area contributed by atoms with Crippen LogP contribution in [-0.4, -0.2) is 53.6 Å². The van der Waals surface area contributed by atoms with E-state index in [4.69, 9.17) is 29.6 Å². The quantitative estimate of drug-likeness (QED) is 0.462. The number of rotatable bonds is 6. The third-order valence-corrected chi connectivity index (χ3v) is 2.76. The molecule has 0 saturated carbocycles. The molecule has 7 nitrogen and oxygen atoms in total. The minimum atomic E-state index is -1.82. The number of ether oxygens (including phenoxy) is 1. The van der Waals surface area contributed by atoms with Crippen LogP contribution in [0.5, 0.6) is 5.75 Å². The fraction of sp³-hybridized carbons (Fsp3) is 0.250. The highest BCUT2D eigenvalue weighted by Crippen LogP contribution is 2.24. The molecule has 0 amide bonds. The van der Waals surface area contributed by atoms with Crippen molar-refractivity contribution in [2.24, 2.45) is 0 Å². The van der Waals surface area contributed by atoms with Crippen LogP contribution >= 0.6 is 0 Å². The van der Waals surface area contributed by atoms with Crippen molar-refractivity contribution in [1.29, 1.82) is 0 Å². The van der Waals surface area contributed by atoms with Gasteiger partial charge in [0.15, 0.2) is 0 Å². The van der Waals surface area contributed by atoms with E-state index in [9.17, 15) is 0 Å². The number of fused-ring (bicyclic) bond motifs is 1. The lowest BCUT2D eigenvalue weighted by Crippen LogP contribution is -2.23. The van der Waals surface area contributed by atoms with Crippen molar-refractivity contribution >= 4 is 22.7 Å². The normalized spacial score (nSPS) is 9.78. The highest BCUT2D eigenvalue weighted by atomic mass is 16.5. The number of aliphatic hydroxyl groups is 1. The van der Waals surface area contributed by atoms with E-state index >= 15 is 0 Å². The summed E-state index contributed by atoms with van der Waals surface area (Å²) in [4.78, 5) is 18.2. The van der Waals surface area contributed by atoms with E-state index in [1.165, 1.54) is 5.39 Å². The molecule has 0 spiro atoms. The molecule has 0 saturated heterocycles. The number of carbonyl (C=O) groups is 2.